The van der Waals surface area contributed by atoms with Crippen molar-refractivity contribution in [1.82, 2.24) is 0 Å². The summed E-state index contributed by atoms with van der Waals surface area (Å²) in [4.78, 5) is 10.7. The lowest BCUT2D eigenvalue weighted by molar-refractivity contribution is -0.133. The summed E-state index contributed by atoms with van der Waals surface area (Å²) in [5.41, 5.74) is 1.59. The third-order valence-electron chi connectivity index (χ3n) is 2.54. The van der Waals surface area contributed by atoms with Crippen molar-refractivity contribution in [3.63, 3.8) is 0 Å². The lowest BCUT2D eigenvalue weighted by atomic mass is 10.0. The first-order valence-electron chi connectivity index (χ1n) is 3.77. The first-order chi connectivity index (χ1) is 5.20. The van der Waals surface area contributed by atoms with Crippen molar-refractivity contribution in [1.29, 1.82) is 0 Å². The molecule has 1 fully saturated rings. The van der Waals surface area contributed by atoms with Gasteiger partial charge in [-0.15, -0.1) is 0 Å². The van der Waals surface area contributed by atoms with Crippen molar-refractivity contribution < 1.29 is 14.6 Å². The second-order valence-corrected chi connectivity index (χ2v) is 3.16. The fraction of sp³-hybridized carbons (Fsp3) is 0.625. The standard InChI is InChI=1S/C8H10O3/c1-4-6-2-5(3-11-6)7(4)8(9)10/h4,6H,2-3H2,1H3,(H,9,10). The maximum absolute atomic E-state index is 10.7. The monoisotopic (exact) mass is 154 g/mol. The zero-order valence-electron chi connectivity index (χ0n) is 6.33. The Morgan fingerprint density at radius 1 is 1.73 bits per heavy atom. The van der Waals surface area contributed by atoms with E-state index in [1.54, 1.807) is 0 Å². The Bertz CT molecular complexity index is 242. The lowest BCUT2D eigenvalue weighted by Gasteiger charge is -2.17. The van der Waals surface area contributed by atoms with E-state index in [1.165, 1.54) is 0 Å². The summed E-state index contributed by atoms with van der Waals surface area (Å²) >= 11 is 0. The highest BCUT2D eigenvalue weighted by Gasteiger charge is 2.40. The van der Waals surface area contributed by atoms with Gasteiger partial charge in [0.25, 0.3) is 0 Å². The SMILES string of the molecule is CC1C(C(=O)O)=C2COC1C2. The van der Waals surface area contributed by atoms with Crippen LogP contribution in [0, 0.1) is 5.92 Å². The van der Waals surface area contributed by atoms with E-state index in [0.717, 1.165) is 12.0 Å². The molecule has 2 bridgehead atoms. The third kappa shape index (κ3) is 0.807. The molecule has 0 saturated carbocycles. The third-order valence-corrected chi connectivity index (χ3v) is 2.54. The van der Waals surface area contributed by atoms with Gasteiger partial charge in [0.05, 0.1) is 12.7 Å². The van der Waals surface area contributed by atoms with E-state index in [1.807, 2.05) is 6.92 Å². The van der Waals surface area contributed by atoms with Gasteiger partial charge >= 0.3 is 5.97 Å². The van der Waals surface area contributed by atoms with Gasteiger partial charge in [0, 0.05) is 11.5 Å². The number of carboxylic acid groups (broad SMARTS) is 1. The van der Waals surface area contributed by atoms with Gasteiger partial charge in [-0.2, -0.15) is 0 Å². The molecule has 3 heteroatoms. The minimum atomic E-state index is -0.765. The molecule has 1 heterocycles. The van der Waals surface area contributed by atoms with Crippen molar-refractivity contribution in [2.75, 3.05) is 6.61 Å². The number of ether oxygens (including phenoxy) is 1. The van der Waals surface area contributed by atoms with Crippen LogP contribution >= 0.6 is 0 Å². The summed E-state index contributed by atoms with van der Waals surface area (Å²) in [6.45, 7) is 2.46. The molecule has 2 unspecified atom stereocenters. The van der Waals surface area contributed by atoms with Crippen molar-refractivity contribution in [3.05, 3.63) is 11.1 Å². The van der Waals surface area contributed by atoms with Crippen LogP contribution in [0.3, 0.4) is 0 Å². The predicted molar refractivity (Wildman–Crippen MR) is 38.2 cm³/mol. The lowest BCUT2D eigenvalue weighted by Crippen LogP contribution is -2.22. The Balaban J connectivity index is 2.37. The van der Waals surface area contributed by atoms with E-state index in [0.29, 0.717) is 12.2 Å². The summed E-state index contributed by atoms with van der Waals surface area (Å²) in [6, 6.07) is 0. The summed E-state index contributed by atoms with van der Waals surface area (Å²) in [5, 5.41) is 8.79. The highest BCUT2D eigenvalue weighted by atomic mass is 16.5. The first kappa shape index (κ1) is 6.85. The van der Waals surface area contributed by atoms with Gasteiger partial charge < -0.3 is 9.84 Å². The molecule has 0 radical (unpaired) electrons. The van der Waals surface area contributed by atoms with E-state index in [-0.39, 0.29) is 12.0 Å². The highest BCUT2D eigenvalue weighted by Crippen LogP contribution is 2.39. The van der Waals surface area contributed by atoms with Gasteiger partial charge in [-0.25, -0.2) is 4.79 Å². The molecular formula is C8H10O3. The molecule has 0 aromatic heterocycles. The molecule has 2 aliphatic rings. The number of hydrogen-bond donors (Lipinski definition) is 1. The van der Waals surface area contributed by atoms with Crippen molar-refractivity contribution in [3.8, 4) is 0 Å². The van der Waals surface area contributed by atoms with E-state index in [9.17, 15) is 4.79 Å². The van der Waals surface area contributed by atoms with Gasteiger partial charge in [0.2, 0.25) is 0 Å². The normalized spacial score (nSPS) is 35.0. The fourth-order valence-electron chi connectivity index (χ4n) is 1.93. The van der Waals surface area contributed by atoms with Crippen molar-refractivity contribution >= 4 is 5.97 Å². The van der Waals surface area contributed by atoms with Crippen LogP contribution in [0.2, 0.25) is 0 Å². The maximum Gasteiger partial charge on any atom is 0.331 e. The van der Waals surface area contributed by atoms with Crippen LogP contribution in [-0.2, 0) is 9.53 Å². The van der Waals surface area contributed by atoms with Gasteiger partial charge in [0.1, 0.15) is 0 Å². The maximum atomic E-state index is 10.7. The second-order valence-electron chi connectivity index (χ2n) is 3.16. The zero-order valence-corrected chi connectivity index (χ0v) is 6.33. The molecule has 1 saturated heterocycles. The molecule has 0 aromatic carbocycles. The zero-order chi connectivity index (χ0) is 8.01. The van der Waals surface area contributed by atoms with Crippen LogP contribution in [0.4, 0.5) is 0 Å². The van der Waals surface area contributed by atoms with Crippen LogP contribution in [0.15, 0.2) is 11.1 Å². The van der Waals surface area contributed by atoms with Crippen molar-refractivity contribution in [2.24, 2.45) is 5.92 Å². The molecule has 1 aliphatic heterocycles. The number of carbonyl (C=O) groups is 1. The van der Waals surface area contributed by atoms with Gasteiger partial charge in [-0.3, -0.25) is 0 Å². The summed E-state index contributed by atoms with van der Waals surface area (Å²) in [5.74, 6) is -0.672. The molecule has 2 rings (SSSR count). The predicted octanol–water partition coefficient (Wildman–Crippen LogP) is 0.806. The fourth-order valence-corrected chi connectivity index (χ4v) is 1.93. The molecule has 0 spiro atoms. The van der Waals surface area contributed by atoms with E-state index in [2.05, 4.69) is 0 Å². The minimum absolute atomic E-state index is 0.0937. The quantitative estimate of drug-likeness (QED) is 0.607. The molecule has 2 atom stereocenters. The number of fused-ring (bicyclic) bond motifs is 2. The topological polar surface area (TPSA) is 46.5 Å². The molecule has 1 N–H and O–H groups in total. The van der Waals surface area contributed by atoms with Gasteiger partial charge in [-0.1, -0.05) is 6.92 Å². The highest BCUT2D eigenvalue weighted by molar-refractivity contribution is 5.89. The molecule has 0 amide bonds. The largest absolute Gasteiger partial charge is 0.478 e. The average Bonchev–Trinajstić information content (AvgIpc) is 2.44. The smallest absolute Gasteiger partial charge is 0.331 e. The number of carboxylic acids is 1. The van der Waals surface area contributed by atoms with E-state index < -0.39 is 5.97 Å². The van der Waals surface area contributed by atoms with Crippen LogP contribution in [0.1, 0.15) is 13.3 Å². The Kier molecular flexibility index (Phi) is 1.29. The number of rotatable bonds is 1. The molecule has 0 aromatic rings. The summed E-state index contributed by atoms with van der Waals surface area (Å²) < 4.78 is 5.32. The van der Waals surface area contributed by atoms with E-state index >= 15 is 0 Å². The summed E-state index contributed by atoms with van der Waals surface area (Å²) in [7, 11) is 0. The molecule has 60 valence electrons. The molecular weight excluding hydrogens is 144 g/mol. The Labute approximate surface area is 64.7 Å². The van der Waals surface area contributed by atoms with Crippen LogP contribution in [-0.4, -0.2) is 23.8 Å². The van der Waals surface area contributed by atoms with Crippen LogP contribution in [0.25, 0.3) is 0 Å². The molecule has 11 heavy (non-hydrogen) atoms. The van der Waals surface area contributed by atoms with Crippen molar-refractivity contribution in [2.45, 2.75) is 19.4 Å². The second kappa shape index (κ2) is 2.08. The van der Waals surface area contributed by atoms with Crippen LogP contribution in [0.5, 0.6) is 0 Å². The summed E-state index contributed by atoms with van der Waals surface area (Å²) in [6.07, 6.45) is 0.985. The van der Waals surface area contributed by atoms with Gasteiger partial charge in [-0.05, 0) is 12.0 Å². The minimum Gasteiger partial charge on any atom is -0.478 e. The number of hydrogen-bond acceptors (Lipinski definition) is 2. The molecule has 3 nitrogen and oxygen atoms in total. The average molecular weight is 154 g/mol. The Morgan fingerprint density at radius 3 is 2.82 bits per heavy atom. The Hall–Kier alpha value is -0.830. The van der Waals surface area contributed by atoms with Gasteiger partial charge in [0.15, 0.2) is 0 Å². The van der Waals surface area contributed by atoms with Crippen LogP contribution < -0.4 is 0 Å². The molecule has 1 aliphatic carbocycles. The number of aliphatic carboxylic acids is 1. The van der Waals surface area contributed by atoms with E-state index in [4.69, 9.17) is 9.84 Å². The first-order valence-corrected chi connectivity index (χ1v) is 3.77. The Morgan fingerprint density at radius 2 is 2.45 bits per heavy atom.